The second-order valence-electron chi connectivity index (χ2n) is 26.7. The van der Waals surface area contributed by atoms with Crippen LogP contribution < -0.4 is 9.30 Å². The van der Waals surface area contributed by atoms with Crippen LogP contribution in [0.15, 0.2) is 277 Å². The Labute approximate surface area is 553 Å². The molecule has 448 valence electrons. The summed E-state index contributed by atoms with van der Waals surface area (Å²) in [6.45, 7) is 19.8. The Morgan fingerprint density at radius 2 is 1.02 bits per heavy atom. The van der Waals surface area contributed by atoms with Crippen molar-refractivity contribution in [1.82, 2.24) is 14.1 Å². The second-order valence-corrected chi connectivity index (χ2v) is 26.7. The van der Waals surface area contributed by atoms with Crippen molar-refractivity contribution in [2.24, 2.45) is 0 Å². The van der Waals surface area contributed by atoms with E-state index in [-0.39, 0.29) is 44.2 Å². The van der Waals surface area contributed by atoms with Crippen molar-refractivity contribution < 1.29 is 27.4 Å². The van der Waals surface area contributed by atoms with E-state index < -0.39 is 60.4 Å². The van der Waals surface area contributed by atoms with Crippen molar-refractivity contribution in [3.63, 3.8) is 0 Å². The maximum atomic E-state index is 9.48. The largest absolute Gasteiger partial charge is 0.460 e. The monoisotopic (exact) mass is 1200 g/mol. The first-order chi connectivity index (χ1) is 48.6. The summed E-state index contributed by atoms with van der Waals surface area (Å²) < 4.78 is 111. The Kier molecular flexibility index (Phi) is 11.6. The van der Waals surface area contributed by atoms with Gasteiger partial charge in [0.15, 0.2) is 0 Å². The fraction of sp³-hybridized carbons (Fsp3) is 0.140. The number of furan rings is 1. The van der Waals surface area contributed by atoms with Crippen LogP contribution in [0, 0.1) is 6.33 Å². The Morgan fingerprint density at radius 3 is 1.70 bits per heavy atom. The summed E-state index contributed by atoms with van der Waals surface area (Å²) in [6, 6.07) is 65.5. The number of fused-ring (bicyclic) bond motifs is 5. The highest BCUT2D eigenvalue weighted by molar-refractivity contribution is 6.08. The van der Waals surface area contributed by atoms with Gasteiger partial charge in [-0.15, -0.1) is 0 Å². The third kappa shape index (κ3) is 10.5. The van der Waals surface area contributed by atoms with Gasteiger partial charge in [-0.1, -0.05) is 268 Å². The van der Waals surface area contributed by atoms with E-state index in [9.17, 15) is 5.48 Å². The summed E-state index contributed by atoms with van der Waals surface area (Å²) in [6.07, 6.45) is 3.71. The van der Waals surface area contributed by atoms with Crippen molar-refractivity contribution in [2.45, 2.75) is 78.6 Å². The highest BCUT2D eigenvalue weighted by Crippen LogP contribution is 2.45. The molecule has 0 saturated heterocycles. The van der Waals surface area contributed by atoms with Crippen LogP contribution in [-0.2, 0) is 16.2 Å². The molecule has 0 saturated carbocycles. The molecular weight excluding hydrogens is 1120 g/mol. The molecule has 0 atom stereocenters. The Morgan fingerprint density at radius 1 is 0.424 bits per heavy atom. The van der Waals surface area contributed by atoms with Crippen molar-refractivity contribution in [1.29, 1.82) is 0 Å². The van der Waals surface area contributed by atoms with Gasteiger partial charge < -0.3 is 9.15 Å². The van der Waals surface area contributed by atoms with Gasteiger partial charge in [-0.3, -0.25) is 13.7 Å². The zero-order chi connectivity index (χ0) is 71.7. The fourth-order valence-electron chi connectivity index (χ4n) is 12.6. The maximum absolute atomic E-state index is 9.48. The van der Waals surface area contributed by atoms with E-state index in [0.717, 1.165) is 72.2 Å². The molecule has 15 aromatic rings. The number of ether oxygens (including phenoxy) is 1. The van der Waals surface area contributed by atoms with Crippen LogP contribution in [0.2, 0.25) is 0 Å². The van der Waals surface area contributed by atoms with Gasteiger partial charge in [0.25, 0.3) is 6.33 Å². The molecule has 6 heteroatoms. The van der Waals surface area contributed by atoms with E-state index in [4.69, 9.17) is 22.4 Å². The molecule has 0 bridgehead atoms. The van der Waals surface area contributed by atoms with Crippen LogP contribution in [0.3, 0.4) is 0 Å². The summed E-state index contributed by atoms with van der Waals surface area (Å²) in [7, 11) is 0. The predicted molar refractivity (Wildman–Crippen MR) is 381 cm³/mol. The molecule has 12 aromatic carbocycles. The molecule has 0 N–H and O–H groups in total. The first kappa shape index (κ1) is 47.2. The summed E-state index contributed by atoms with van der Waals surface area (Å²) in [5.41, 5.74) is 14.6. The Bertz CT molecular complexity index is 5790. The second kappa shape index (κ2) is 22.6. The van der Waals surface area contributed by atoms with Crippen molar-refractivity contribution in [2.75, 3.05) is 0 Å². The lowest BCUT2D eigenvalue weighted by molar-refractivity contribution is -0.571. The quantitative estimate of drug-likeness (QED) is 0.0958. The Hall–Kier alpha value is -10.8. The smallest absolute Gasteiger partial charge is 0.270 e. The number of para-hydroxylation sites is 4. The topological polar surface area (TPSA) is 49.0 Å². The van der Waals surface area contributed by atoms with Crippen LogP contribution in [0.25, 0.3) is 128 Å². The van der Waals surface area contributed by atoms with E-state index >= 15 is 0 Å². The summed E-state index contributed by atoms with van der Waals surface area (Å²) in [5, 5.41) is 1.51. The van der Waals surface area contributed by atoms with Crippen LogP contribution in [0.1, 0.15) is 92.7 Å². The lowest BCUT2D eigenvalue weighted by Gasteiger charge is -2.24. The summed E-state index contributed by atoms with van der Waals surface area (Å²) >= 11 is 0. The number of imidazole rings is 2. The van der Waals surface area contributed by atoms with Gasteiger partial charge in [0, 0.05) is 21.9 Å². The van der Waals surface area contributed by atoms with Crippen molar-refractivity contribution in [3.05, 3.63) is 296 Å². The SMILES string of the molecule is [2H]c1c([2H])c([2H])c(-c2cccc(-c3c([2H])c([2H])c([2H])c([2H])c3[2H])c2-[n+]2[c-]n(-c3cc(Oc4cc(-c5nc6ccccc6n5-c5ccc(C(C)(C)C)cc5-c5ccccc5)cc(C(C)(C)C)c4)cc4c3oc3ccccc34)c3cc(-c4ccc(C(C)(C)C)cc4-c4ccccc4)ccc32)c([2H])c1[2H]. The average molecular weight is 1200 g/mol. The van der Waals surface area contributed by atoms with Crippen LogP contribution in [-0.4, -0.2) is 14.1 Å². The molecule has 0 aliphatic rings. The summed E-state index contributed by atoms with van der Waals surface area (Å²) in [5.74, 6) is 1.68. The van der Waals surface area contributed by atoms with Crippen molar-refractivity contribution >= 4 is 44.0 Å². The molecule has 0 unspecified atom stereocenters. The molecule has 92 heavy (non-hydrogen) atoms. The molecule has 3 aromatic heterocycles. The van der Waals surface area contributed by atoms with Crippen LogP contribution in [0.5, 0.6) is 11.5 Å². The minimum Gasteiger partial charge on any atom is -0.460 e. The van der Waals surface area contributed by atoms with Gasteiger partial charge in [-0.2, -0.15) is 0 Å². The molecule has 0 aliphatic carbocycles. The van der Waals surface area contributed by atoms with E-state index in [0.29, 0.717) is 50.6 Å². The molecular formula is C86H72N4O2. The third-order valence-electron chi connectivity index (χ3n) is 17.4. The Balaban J connectivity index is 1.02. The molecule has 0 amide bonds. The van der Waals surface area contributed by atoms with Crippen LogP contribution >= 0.6 is 0 Å². The molecule has 0 aliphatic heterocycles. The predicted octanol–water partition coefficient (Wildman–Crippen LogP) is 22.6. The maximum Gasteiger partial charge on any atom is 0.270 e. The molecule has 0 radical (unpaired) electrons. The van der Waals surface area contributed by atoms with Gasteiger partial charge in [-0.05, 0) is 150 Å². The molecule has 15 rings (SSSR count). The average Bonchev–Trinajstić information content (AvgIpc) is 1.51. The number of hydrogen-bond acceptors (Lipinski definition) is 3. The van der Waals surface area contributed by atoms with Gasteiger partial charge in [-0.25, -0.2) is 4.98 Å². The molecule has 3 heterocycles. The number of aromatic nitrogens is 4. The van der Waals surface area contributed by atoms with Gasteiger partial charge in [0.05, 0.1) is 47.1 Å². The first-order valence-corrected chi connectivity index (χ1v) is 31.1. The van der Waals surface area contributed by atoms with E-state index in [1.54, 1.807) is 22.8 Å². The summed E-state index contributed by atoms with van der Waals surface area (Å²) in [4.78, 5) is 5.47. The van der Waals surface area contributed by atoms with E-state index in [1.165, 1.54) is 5.56 Å². The fourth-order valence-corrected chi connectivity index (χ4v) is 12.6. The molecule has 6 nitrogen and oxygen atoms in total. The minimum atomic E-state index is -0.594. The highest BCUT2D eigenvalue weighted by atomic mass is 16.5. The number of nitrogens with zero attached hydrogens (tertiary/aromatic N) is 4. The zero-order valence-electron chi connectivity index (χ0n) is 62.8. The van der Waals surface area contributed by atoms with Gasteiger partial charge in [0.2, 0.25) is 0 Å². The number of hydrogen-bond donors (Lipinski definition) is 0. The normalized spacial score (nSPS) is 13.7. The van der Waals surface area contributed by atoms with Crippen molar-refractivity contribution in [3.8, 4) is 95.6 Å². The lowest BCUT2D eigenvalue weighted by atomic mass is 9.83. The number of benzene rings is 12. The first-order valence-electron chi connectivity index (χ1n) is 36.1. The third-order valence-corrected chi connectivity index (χ3v) is 17.4. The zero-order valence-corrected chi connectivity index (χ0v) is 52.8. The lowest BCUT2D eigenvalue weighted by Crippen LogP contribution is -2.31. The highest BCUT2D eigenvalue weighted by Gasteiger charge is 2.28. The standard InChI is InChI=1S/C86H72N4O2/c1-84(2,3)62-42-44-67(71(51-62)58-31-18-12-19-32-58)60-41-45-77-78(49-60)88(55-89(77)81-68(56-27-14-10-15-28-56)36-26-37-69(81)57-29-16-11-17-30-57)79-54-66(53-73-70-35-22-25-40-80(70)92-82(73)79)91-65-48-61(47-64(50-65)86(7,8)9)83-87-74-38-23-24-39-76(74)90(83)75-46-43-63(85(4,5)6)52-72(75)59-33-20-13-21-34-59/h10-54H,1-9H3/i10D,11D,14D,15D,16D,17D,27D,28D,29D,30D. The molecule has 0 fully saturated rings. The van der Waals surface area contributed by atoms with Gasteiger partial charge >= 0.3 is 0 Å². The van der Waals surface area contributed by atoms with E-state index in [2.05, 4.69) is 170 Å². The number of rotatable bonds is 11. The van der Waals surface area contributed by atoms with Crippen LogP contribution in [0.4, 0.5) is 0 Å². The van der Waals surface area contributed by atoms with Gasteiger partial charge in [0.1, 0.15) is 34.2 Å². The minimum absolute atomic E-state index is 0.108. The van der Waals surface area contributed by atoms with E-state index in [1.807, 2.05) is 102 Å². The molecule has 0 spiro atoms.